The third-order valence-electron chi connectivity index (χ3n) is 5.39. The van der Waals surface area contributed by atoms with Crippen molar-refractivity contribution in [3.8, 4) is 45.8 Å². The highest BCUT2D eigenvalue weighted by molar-refractivity contribution is 5.93. The summed E-state index contributed by atoms with van der Waals surface area (Å²) in [5, 5.41) is 89.1. The van der Waals surface area contributed by atoms with Crippen LogP contribution >= 0.6 is 0 Å². The number of rotatable bonds is 4. The van der Waals surface area contributed by atoms with Gasteiger partial charge in [-0.05, 0) is 18.2 Å². The van der Waals surface area contributed by atoms with Crippen molar-refractivity contribution in [1.82, 2.24) is 0 Å². The molecule has 4 rings (SSSR count). The van der Waals surface area contributed by atoms with Crippen LogP contribution in [0.3, 0.4) is 0 Å². The van der Waals surface area contributed by atoms with E-state index in [-0.39, 0.29) is 5.56 Å². The molecule has 0 bridgehead atoms. The zero-order valence-electron chi connectivity index (χ0n) is 17.1. The second-order valence-electron chi connectivity index (χ2n) is 7.57. The number of fused-ring (bicyclic) bond motifs is 1. The predicted molar refractivity (Wildman–Crippen MR) is 111 cm³/mol. The molecule has 9 N–H and O–H groups in total. The quantitative estimate of drug-likeness (QED) is 0.164. The zero-order valence-corrected chi connectivity index (χ0v) is 17.1. The number of aliphatic hydroxyl groups is 4. The van der Waals surface area contributed by atoms with E-state index in [9.17, 15) is 50.8 Å². The number of phenols is 4. The van der Waals surface area contributed by atoms with Gasteiger partial charge in [0.2, 0.25) is 23.2 Å². The maximum Gasteiger partial charge on any atom is 0.238 e. The van der Waals surface area contributed by atoms with Crippen molar-refractivity contribution in [3.05, 3.63) is 34.5 Å². The van der Waals surface area contributed by atoms with Gasteiger partial charge < -0.3 is 59.8 Å². The van der Waals surface area contributed by atoms with Crippen molar-refractivity contribution in [2.24, 2.45) is 0 Å². The number of hydrogen-bond acceptors (Lipinski definition) is 13. The van der Waals surface area contributed by atoms with Gasteiger partial charge in [0.25, 0.3) is 0 Å². The fourth-order valence-corrected chi connectivity index (χ4v) is 3.54. The van der Waals surface area contributed by atoms with Crippen molar-refractivity contribution in [3.63, 3.8) is 0 Å². The Balaban J connectivity index is 1.83. The van der Waals surface area contributed by atoms with Crippen LogP contribution in [0.1, 0.15) is 0 Å². The number of ether oxygens (including phenoxy) is 2. The normalized spacial score (nSPS) is 24.9. The van der Waals surface area contributed by atoms with E-state index in [0.717, 1.165) is 18.2 Å². The summed E-state index contributed by atoms with van der Waals surface area (Å²) in [6, 6.07) is 4.00. The molecule has 5 atom stereocenters. The number of aromatic hydroxyl groups is 5. The largest absolute Gasteiger partial charge is 0.507 e. The Morgan fingerprint density at radius 1 is 0.853 bits per heavy atom. The molecule has 34 heavy (non-hydrogen) atoms. The molecular weight excluding hydrogens is 460 g/mol. The number of hydrogen-bond donors (Lipinski definition) is 9. The van der Waals surface area contributed by atoms with Crippen molar-refractivity contribution < 1.29 is 59.8 Å². The van der Waals surface area contributed by atoms with Crippen LogP contribution in [0.2, 0.25) is 0 Å². The van der Waals surface area contributed by atoms with Crippen LogP contribution in [-0.4, -0.2) is 83.3 Å². The average Bonchev–Trinajstić information content (AvgIpc) is 2.81. The summed E-state index contributed by atoms with van der Waals surface area (Å²) in [5.74, 6) is -4.80. The minimum atomic E-state index is -1.84. The SMILES string of the molecule is O=c1c(O)c(-c2ccc(O)c(O)c2)oc2c(O)c(O[C@@H]3O[C@@H](CO)[C@@H](O)[C@H](O)[C@H]3O)cc(O)c12. The summed E-state index contributed by atoms with van der Waals surface area (Å²) in [4.78, 5) is 12.7. The molecule has 13 heteroatoms. The fourth-order valence-electron chi connectivity index (χ4n) is 3.54. The van der Waals surface area contributed by atoms with Gasteiger partial charge in [-0.1, -0.05) is 0 Å². The monoisotopic (exact) mass is 480 g/mol. The summed E-state index contributed by atoms with van der Waals surface area (Å²) in [6.07, 6.45) is -8.32. The zero-order chi connectivity index (χ0) is 24.9. The molecule has 182 valence electrons. The summed E-state index contributed by atoms with van der Waals surface area (Å²) in [7, 11) is 0. The lowest BCUT2D eigenvalue weighted by Crippen LogP contribution is -2.60. The molecule has 0 unspecified atom stereocenters. The van der Waals surface area contributed by atoms with Crippen LogP contribution in [0.5, 0.6) is 34.5 Å². The lowest BCUT2D eigenvalue weighted by atomic mass is 9.99. The Labute approximate surface area is 189 Å². The molecule has 2 heterocycles. The first kappa shape index (κ1) is 23.4. The van der Waals surface area contributed by atoms with Crippen LogP contribution in [0, 0.1) is 0 Å². The predicted octanol–water partition coefficient (Wildman–Crippen LogP) is -0.833. The summed E-state index contributed by atoms with van der Waals surface area (Å²) >= 11 is 0. The highest BCUT2D eigenvalue weighted by Crippen LogP contribution is 2.44. The number of aliphatic hydroxyl groups excluding tert-OH is 4. The minimum absolute atomic E-state index is 0.0639. The van der Waals surface area contributed by atoms with Crippen molar-refractivity contribution in [2.45, 2.75) is 30.7 Å². The second-order valence-corrected chi connectivity index (χ2v) is 7.57. The highest BCUT2D eigenvalue weighted by atomic mass is 16.7. The third kappa shape index (κ3) is 3.70. The molecule has 1 aromatic heterocycles. The van der Waals surface area contributed by atoms with Gasteiger partial charge in [0, 0.05) is 11.6 Å². The maximum atomic E-state index is 12.7. The van der Waals surface area contributed by atoms with Crippen molar-refractivity contribution in [1.29, 1.82) is 0 Å². The average molecular weight is 480 g/mol. The van der Waals surface area contributed by atoms with Gasteiger partial charge >= 0.3 is 0 Å². The van der Waals surface area contributed by atoms with Gasteiger partial charge in [0.15, 0.2) is 28.6 Å². The van der Waals surface area contributed by atoms with E-state index in [0.29, 0.717) is 0 Å². The Morgan fingerprint density at radius 2 is 1.56 bits per heavy atom. The van der Waals surface area contributed by atoms with E-state index in [1.807, 2.05) is 0 Å². The lowest BCUT2D eigenvalue weighted by Gasteiger charge is -2.39. The summed E-state index contributed by atoms with van der Waals surface area (Å²) in [6.45, 7) is -0.739. The van der Waals surface area contributed by atoms with Crippen LogP contribution in [0.4, 0.5) is 0 Å². The topological polar surface area (TPSA) is 231 Å². The van der Waals surface area contributed by atoms with E-state index in [1.54, 1.807) is 0 Å². The molecular formula is C21H20O13. The van der Waals surface area contributed by atoms with Crippen LogP contribution in [0.15, 0.2) is 33.5 Å². The minimum Gasteiger partial charge on any atom is -0.507 e. The smallest absolute Gasteiger partial charge is 0.238 e. The van der Waals surface area contributed by atoms with Crippen LogP contribution in [-0.2, 0) is 4.74 Å². The van der Waals surface area contributed by atoms with E-state index in [1.165, 1.54) is 6.07 Å². The molecule has 1 aliphatic rings. The van der Waals surface area contributed by atoms with Crippen LogP contribution < -0.4 is 10.2 Å². The molecule has 1 fully saturated rings. The molecule has 2 aromatic carbocycles. The first-order chi connectivity index (χ1) is 16.0. The summed E-state index contributed by atoms with van der Waals surface area (Å²) < 4.78 is 16.0. The molecule has 1 aliphatic heterocycles. The Bertz CT molecular complexity index is 1300. The molecule has 0 radical (unpaired) electrons. The number of benzene rings is 2. The van der Waals surface area contributed by atoms with Crippen molar-refractivity contribution >= 4 is 11.0 Å². The van der Waals surface area contributed by atoms with E-state index in [4.69, 9.17) is 13.9 Å². The fraction of sp³-hybridized carbons (Fsp3) is 0.286. The lowest BCUT2D eigenvalue weighted by molar-refractivity contribution is -0.277. The van der Waals surface area contributed by atoms with E-state index in [2.05, 4.69) is 0 Å². The van der Waals surface area contributed by atoms with Gasteiger partial charge in [-0.15, -0.1) is 0 Å². The van der Waals surface area contributed by atoms with Gasteiger partial charge in [0.1, 0.15) is 35.6 Å². The second kappa shape index (κ2) is 8.55. The first-order valence-electron chi connectivity index (χ1n) is 9.79. The number of phenolic OH excluding ortho intramolecular Hbond substituents is 4. The molecule has 0 amide bonds. The van der Waals surface area contributed by atoms with E-state index < -0.39 is 94.0 Å². The van der Waals surface area contributed by atoms with Gasteiger partial charge in [-0.2, -0.15) is 0 Å². The molecule has 0 aliphatic carbocycles. The maximum absolute atomic E-state index is 12.7. The van der Waals surface area contributed by atoms with Crippen LogP contribution in [0.25, 0.3) is 22.3 Å². The van der Waals surface area contributed by atoms with Gasteiger partial charge in [-0.3, -0.25) is 4.79 Å². The molecule has 0 spiro atoms. The highest BCUT2D eigenvalue weighted by Gasteiger charge is 2.45. The molecule has 3 aromatic rings. The van der Waals surface area contributed by atoms with Gasteiger partial charge in [-0.25, -0.2) is 0 Å². The van der Waals surface area contributed by atoms with Crippen molar-refractivity contribution in [2.75, 3.05) is 6.61 Å². The molecule has 13 nitrogen and oxygen atoms in total. The Morgan fingerprint density at radius 3 is 2.21 bits per heavy atom. The third-order valence-corrected chi connectivity index (χ3v) is 5.39. The standard InChI is InChI=1S/C21H20O13/c22-5-11-13(26)16(29)18(31)21(33-11)32-10-4-9(25)12-15(28)17(30)19(34-20(12)14(10)27)6-1-2-7(23)8(24)3-6/h1-4,11,13,16,18,21-27,29-31H,5H2/t11-,13+,16-,18+,21+/m0/s1. The first-order valence-corrected chi connectivity index (χ1v) is 9.79. The molecule has 0 saturated carbocycles. The molecule has 1 saturated heterocycles. The van der Waals surface area contributed by atoms with E-state index >= 15 is 0 Å². The summed E-state index contributed by atoms with van der Waals surface area (Å²) in [5.41, 5.74) is -1.85. The Kier molecular flexibility index (Phi) is 5.89. The van der Waals surface area contributed by atoms with Gasteiger partial charge in [0.05, 0.1) is 6.61 Å². The Hall–Kier alpha value is -3.75.